The van der Waals surface area contributed by atoms with E-state index in [1.807, 2.05) is 25.1 Å². The van der Waals surface area contributed by atoms with Crippen molar-refractivity contribution in [3.8, 4) is 5.75 Å². The van der Waals surface area contributed by atoms with E-state index in [0.29, 0.717) is 11.1 Å². The standard InChI is InChI=1S/C13H13NO3/c1-8-6-11(17-2)10-5-3-4-9(7-12(15)16)13(10)14-8/h3-6H,7H2,1-2H3,(H,15,16). The zero-order valence-electron chi connectivity index (χ0n) is 9.73. The van der Waals surface area contributed by atoms with Crippen LogP contribution in [0.25, 0.3) is 10.9 Å². The van der Waals surface area contributed by atoms with Crippen LogP contribution in [0.1, 0.15) is 11.3 Å². The smallest absolute Gasteiger partial charge is 0.307 e. The second-order valence-electron chi connectivity index (χ2n) is 3.85. The van der Waals surface area contributed by atoms with Crippen LogP contribution < -0.4 is 4.74 Å². The van der Waals surface area contributed by atoms with Crippen molar-refractivity contribution >= 4 is 16.9 Å². The number of nitrogens with zero attached hydrogens (tertiary/aromatic N) is 1. The molecule has 1 aromatic carbocycles. The molecule has 0 saturated heterocycles. The van der Waals surface area contributed by atoms with E-state index in [1.54, 1.807) is 13.2 Å². The molecule has 0 aliphatic carbocycles. The molecule has 4 nitrogen and oxygen atoms in total. The van der Waals surface area contributed by atoms with Crippen molar-refractivity contribution in [1.82, 2.24) is 4.98 Å². The maximum Gasteiger partial charge on any atom is 0.307 e. The number of hydrogen-bond donors (Lipinski definition) is 1. The maximum atomic E-state index is 10.8. The van der Waals surface area contributed by atoms with Gasteiger partial charge in [0, 0.05) is 17.1 Å². The summed E-state index contributed by atoms with van der Waals surface area (Å²) < 4.78 is 5.28. The lowest BCUT2D eigenvalue weighted by molar-refractivity contribution is -0.136. The fraction of sp³-hybridized carbons (Fsp3) is 0.231. The van der Waals surface area contributed by atoms with Gasteiger partial charge in [-0.1, -0.05) is 12.1 Å². The Bertz CT molecular complexity index is 578. The van der Waals surface area contributed by atoms with Crippen LogP contribution in [0.5, 0.6) is 5.75 Å². The molecule has 0 fully saturated rings. The Kier molecular flexibility index (Phi) is 2.95. The summed E-state index contributed by atoms with van der Waals surface area (Å²) in [5.74, 6) is -0.139. The van der Waals surface area contributed by atoms with Crippen molar-refractivity contribution in [3.05, 3.63) is 35.5 Å². The monoisotopic (exact) mass is 231 g/mol. The first-order valence-corrected chi connectivity index (χ1v) is 5.27. The van der Waals surface area contributed by atoms with Gasteiger partial charge in [0.25, 0.3) is 0 Å². The second kappa shape index (κ2) is 4.41. The zero-order chi connectivity index (χ0) is 12.4. The third kappa shape index (κ3) is 2.20. The highest BCUT2D eigenvalue weighted by Gasteiger charge is 2.10. The van der Waals surface area contributed by atoms with Crippen LogP contribution in [0.2, 0.25) is 0 Å². The van der Waals surface area contributed by atoms with E-state index in [-0.39, 0.29) is 6.42 Å². The summed E-state index contributed by atoms with van der Waals surface area (Å²) in [4.78, 5) is 15.2. The molecule has 0 saturated carbocycles. The number of aromatic nitrogens is 1. The number of benzene rings is 1. The SMILES string of the molecule is COc1cc(C)nc2c(CC(=O)O)cccc12. The lowest BCUT2D eigenvalue weighted by atomic mass is 10.1. The predicted octanol–water partition coefficient (Wildman–Crippen LogP) is 2.18. The molecule has 88 valence electrons. The Morgan fingerprint density at radius 2 is 2.24 bits per heavy atom. The molecule has 0 atom stereocenters. The van der Waals surface area contributed by atoms with Gasteiger partial charge in [0.1, 0.15) is 5.75 Å². The van der Waals surface area contributed by atoms with Gasteiger partial charge in [0.15, 0.2) is 0 Å². The van der Waals surface area contributed by atoms with Crippen molar-refractivity contribution in [2.45, 2.75) is 13.3 Å². The summed E-state index contributed by atoms with van der Waals surface area (Å²) in [6, 6.07) is 7.32. The van der Waals surface area contributed by atoms with E-state index in [4.69, 9.17) is 9.84 Å². The number of fused-ring (bicyclic) bond motifs is 1. The van der Waals surface area contributed by atoms with Crippen molar-refractivity contribution in [2.75, 3.05) is 7.11 Å². The molecule has 1 heterocycles. The average Bonchev–Trinajstić information content (AvgIpc) is 2.28. The maximum absolute atomic E-state index is 10.8. The number of aliphatic carboxylic acids is 1. The number of para-hydroxylation sites is 1. The highest BCUT2D eigenvalue weighted by atomic mass is 16.5. The molecule has 1 N–H and O–H groups in total. The Hall–Kier alpha value is -2.10. The van der Waals surface area contributed by atoms with Crippen molar-refractivity contribution in [1.29, 1.82) is 0 Å². The summed E-state index contributed by atoms with van der Waals surface area (Å²) in [6.07, 6.45) is -0.0308. The van der Waals surface area contributed by atoms with E-state index in [9.17, 15) is 4.79 Å². The number of ether oxygens (including phenoxy) is 1. The fourth-order valence-electron chi connectivity index (χ4n) is 1.87. The quantitative estimate of drug-likeness (QED) is 0.879. The first kappa shape index (κ1) is 11.4. The molecule has 0 amide bonds. The highest BCUT2D eigenvalue weighted by Crippen LogP contribution is 2.27. The van der Waals surface area contributed by atoms with Gasteiger partial charge in [0.2, 0.25) is 0 Å². The van der Waals surface area contributed by atoms with E-state index in [2.05, 4.69) is 4.98 Å². The van der Waals surface area contributed by atoms with Crippen LogP contribution in [-0.2, 0) is 11.2 Å². The van der Waals surface area contributed by atoms with Crippen LogP contribution in [0.4, 0.5) is 0 Å². The Morgan fingerprint density at radius 1 is 1.47 bits per heavy atom. The topological polar surface area (TPSA) is 59.4 Å². The Labute approximate surface area is 98.9 Å². The number of carboxylic acid groups (broad SMARTS) is 1. The van der Waals surface area contributed by atoms with Crippen LogP contribution in [-0.4, -0.2) is 23.2 Å². The summed E-state index contributed by atoms with van der Waals surface area (Å²) in [6.45, 7) is 1.86. The summed E-state index contributed by atoms with van der Waals surface area (Å²) in [5.41, 5.74) is 2.22. The van der Waals surface area contributed by atoms with E-state index in [1.165, 1.54) is 0 Å². The molecule has 0 aliphatic rings. The molecular formula is C13H13NO3. The zero-order valence-corrected chi connectivity index (χ0v) is 9.73. The molecule has 17 heavy (non-hydrogen) atoms. The fourth-order valence-corrected chi connectivity index (χ4v) is 1.87. The van der Waals surface area contributed by atoms with Crippen LogP contribution in [0.15, 0.2) is 24.3 Å². The van der Waals surface area contributed by atoms with Gasteiger partial charge in [-0.25, -0.2) is 0 Å². The van der Waals surface area contributed by atoms with Gasteiger partial charge >= 0.3 is 5.97 Å². The lowest BCUT2D eigenvalue weighted by Gasteiger charge is -2.09. The number of carboxylic acids is 1. The molecule has 2 rings (SSSR count). The van der Waals surface area contributed by atoms with Gasteiger partial charge in [-0.15, -0.1) is 0 Å². The molecule has 0 aliphatic heterocycles. The minimum absolute atomic E-state index is 0.0308. The van der Waals surface area contributed by atoms with E-state index >= 15 is 0 Å². The number of methoxy groups -OCH3 is 1. The molecular weight excluding hydrogens is 218 g/mol. The molecule has 0 bridgehead atoms. The number of hydrogen-bond acceptors (Lipinski definition) is 3. The number of aryl methyl sites for hydroxylation is 1. The molecule has 4 heteroatoms. The highest BCUT2D eigenvalue weighted by molar-refractivity contribution is 5.90. The molecule has 2 aromatic rings. The Balaban J connectivity index is 2.70. The van der Waals surface area contributed by atoms with Gasteiger partial charge < -0.3 is 9.84 Å². The van der Waals surface area contributed by atoms with E-state index in [0.717, 1.165) is 16.8 Å². The normalized spacial score (nSPS) is 10.5. The third-order valence-corrected chi connectivity index (χ3v) is 2.57. The first-order chi connectivity index (χ1) is 8.11. The summed E-state index contributed by atoms with van der Waals surface area (Å²) in [7, 11) is 1.60. The van der Waals surface area contributed by atoms with Gasteiger partial charge in [-0.2, -0.15) is 0 Å². The minimum Gasteiger partial charge on any atom is -0.496 e. The Morgan fingerprint density at radius 3 is 2.88 bits per heavy atom. The number of carbonyl (C=O) groups is 1. The molecule has 0 radical (unpaired) electrons. The number of pyridine rings is 1. The number of rotatable bonds is 3. The molecule has 1 aromatic heterocycles. The van der Waals surface area contributed by atoms with Crippen molar-refractivity contribution < 1.29 is 14.6 Å². The lowest BCUT2D eigenvalue weighted by Crippen LogP contribution is -2.02. The predicted molar refractivity (Wildman–Crippen MR) is 64.4 cm³/mol. The van der Waals surface area contributed by atoms with Gasteiger partial charge in [-0.05, 0) is 18.6 Å². The third-order valence-electron chi connectivity index (χ3n) is 2.57. The van der Waals surface area contributed by atoms with Crippen molar-refractivity contribution in [3.63, 3.8) is 0 Å². The van der Waals surface area contributed by atoms with Gasteiger partial charge in [-0.3, -0.25) is 9.78 Å². The van der Waals surface area contributed by atoms with Gasteiger partial charge in [0.05, 0.1) is 19.0 Å². The first-order valence-electron chi connectivity index (χ1n) is 5.27. The average molecular weight is 231 g/mol. The largest absolute Gasteiger partial charge is 0.496 e. The molecule has 0 unspecified atom stereocenters. The summed E-state index contributed by atoms with van der Waals surface area (Å²) in [5, 5.41) is 9.71. The van der Waals surface area contributed by atoms with Crippen LogP contribution in [0, 0.1) is 6.92 Å². The minimum atomic E-state index is -0.861. The van der Waals surface area contributed by atoms with E-state index < -0.39 is 5.97 Å². The van der Waals surface area contributed by atoms with Crippen LogP contribution in [0.3, 0.4) is 0 Å². The second-order valence-corrected chi connectivity index (χ2v) is 3.85. The molecule has 0 spiro atoms. The van der Waals surface area contributed by atoms with Crippen LogP contribution >= 0.6 is 0 Å². The summed E-state index contributed by atoms with van der Waals surface area (Å²) >= 11 is 0. The van der Waals surface area contributed by atoms with Crippen molar-refractivity contribution in [2.24, 2.45) is 0 Å².